The quantitative estimate of drug-likeness (QED) is 0.676. The zero-order valence-electron chi connectivity index (χ0n) is 16.3. The molecule has 2 aliphatic heterocycles. The molecule has 0 bridgehead atoms. The molecule has 3 rings (SSSR count). The first-order chi connectivity index (χ1) is 12.0. The number of nitrogens with zero attached hydrogens (tertiary/aromatic N) is 4. The standard InChI is InChI=1S/C20H33N5/c1-16-7-10-24(11-8-16)18-6-5-17(13-22-18)14-23-19(21-4)25-12-9-20(2,3)15-25/h5-6,13,16H,7-12,14-15H2,1-4H3,(H,21,23). The summed E-state index contributed by atoms with van der Waals surface area (Å²) in [5.74, 6) is 2.96. The van der Waals surface area contributed by atoms with Crippen molar-refractivity contribution in [1.82, 2.24) is 15.2 Å². The van der Waals surface area contributed by atoms with Crippen LogP contribution in [0.1, 0.15) is 45.6 Å². The number of likely N-dealkylation sites (tertiary alicyclic amines) is 1. The molecule has 0 atom stereocenters. The van der Waals surface area contributed by atoms with Crippen LogP contribution < -0.4 is 10.2 Å². The Balaban J connectivity index is 1.53. The molecule has 1 aromatic rings. The van der Waals surface area contributed by atoms with Gasteiger partial charge in [-0.2, -0.15) is 0 Å². The lowest BCUT2D eigenvalue weighted by Gasteiger charge is -2.31. The van der Waals surface area contributed by atoms with Gasteiger partial charge in [0.25, 0.3) is 0 Å². The Morgan fingerprint density at radius 1 is 1.28 bits per heavy atom. The van der Waals surface area contributed by atoms with Crippen LogP contribution in [0.3, 0.4) is 0 Å². The zero-order valence-corrected chi connectivity index (χ0v) is 16.3. The highest BCUT2D eigenvalue weighted by atomic mass is 15.3. The highest BCUT2D eigenvalue weighted by molar-refractivity contribution is 5.80. The number of pyridine rings is 1. The van der Waals surface area contributed by atoms with Crippen molar-refractivity contribution in [1.29, 1.82) is 0 Å². The second-order valence-electron chi connectivity index (χ2n) is 8.43. The minimum absolute atomic E-state index is 0.382. The summed E-state index contributed by atoms with van der Waals surface area (Å²) < 4.78 is 0. The summed E-state index contributed by atoms with van der Waals surface area (Å²) >= 11 is 0. The first kappa shape index (κ1) is 18.0. The molecule has 138 valence electrons. The number of guanidine groups is 1. The van der Waals surface area contributed by atoms with Gasteiger partial charge in [0.2, 0.25) is 0 Å². The Morgan fingerprint density at radius 3 is 2.60 bits per heavy atom. The number of aromatic nitrogens is 1. The van der Waals surface area contributed by atoms with Gasteiger partial charge in [0.1, 0.15) is 5.82 Å². The van der Waals surface area contributed by atoms with Crippen molar-refractivity contribution in [3.63, 3.8) is 0 Å². The Kier molecular flexibility index (Phi) is 5.50. The van der Waals surface area contributed by atoms with Gasteiger partial charge in [0, 0.05) is 46.0 Å². The molecular formula is C20H33N5. The lowest BCUT2D eigenvalue weighted by atomic mass is 9.93. The molecule has 2 fully saturated rings. The van der Waals surface area contributed by atoms with Crippen molar-refractivity contribution >= 4 is 11.8 Å². The summed E-state index contributed by atoms with van der Waals surface area (Å²) in [5, 5.41) is 3.49. The molecule has 3 heterocycles. The summed E-state index contributed by atoms with van der Waals surface area (Å²) in [6.07, 6.45) is 5.76. The average Bonchev–Trinajstić information content (AvgIpc) is 2.97. The predicted octanol–water partition coefficient (Wildman–Crippen LogP) is 3.13. The van der Waals surface area contributed by atoms with Crippen LogP contribution >= 0.6 is 0 Å². The van der Waals surface area contributed by atoms with Crippen molar-refractivity contribution in [3.05, 3.63) is 23.9 Å². The zero-order chi connectivity index (χ0) is 17.9. The van der Waals surface area contributed by atoms with Gasteiger partial charge in [-0.3, -0.25) is 4.99 Å². The van der Waals surface area contributed by atoms with E-state index in [1.807, 2.05) is 13.2 Å². The Morgan fingerprint density at radius 2 is 2.04 bits per heavy atom. The third-order valence-corrected chi connectivity index (χ3v) is 5.56. The van der Waals surface area contributed by atoms with E-state index in [9.17, 15) is 0 Å². The highest BCUT2D eigenvalue weighted by Crippen LogP contribution is 2.28. The van der Waals surface area contributed by atoms with E-state index < -0.39 is 0 Å². The molecule has 2 aliphatic rings. The van der Waals surface area contributed by atoms with Gasteiger partial charge in [-0.05, 0) is 42.2 Å². The van der Waals surface area contributed by atoms with E-state index in [1.54, 1.807) is 0 Å². The number of rotatable bonds is 3. The van der Waals surface area contributed by atoms with Crippen LogP contribution in [0, 0.1) is 11.3 Å². The first-order valence-corrected chi connectivity index (χ1v) is 9.62. The van der Waals surface area contributed by atoms with E-state index in [-0.39, 0.29) is 0 Å². The molecule has 1 aromatic heterocycles. The molecule has 0 spiro atoms. The number of aliphatic imine (C=N–C) groups is 1. The monoisotopic (exact) mass is 343 g/mol. The van der Waals surface area contributed by atoms with Crippen LogP contribution in [-0.4, -0.2) is 49.1 Å². The molecule has 0 aliphatic carbocycles. The fraction of sp³-hybridized carbons (Fsp3) is 0.700. The summed E-state index contributed by atoms with van der Waals surface area (Å²) in [4.78, 5) is 13.9. The molecule has 0 unspecified atom stereocenters. The van der Waals surface area contributed by atoms with E-state index in [4.69, 9.17) is 0 Å². The van der Waals surface area contributed by atoms with Crippen LogP contribution in [0.5, 0.6) is 0 Å². The molecule has 0 radical (unpaired) electrons. The number of anilines is 1. The molecule has 0 amide bonds. The fourth-order valence-corrected chi connectivity index (χ4v) is 3.75. The highest BCUT2D eigenvalue weighted by Gasteiger charge is 2.30. The minimum Gasteiger partial charge on any atom is -0.357 e. The van der Waals surface area contributed by atoms with Crippen LogP contribution in [0.25, 0.3) is 0 Å². The molecule has 25 heavy (non-hydrogen) atoms. The lowest BCUT2D eigenvalue weighted by molar-refractivity contribution is 0.370. The van der Waals surface area contributed by atoms with Crippen molar-refractivity contribution in [2.24, 2.45) is 16.3 Å². The largest absolute Gasteiger partial charge is 0.357 e. The Labute approximate surface area is 152 Å². The molecule has 5 heteroatoms. The maximum absolute atomic E-state index is 4.68. The van der Waals surface area contributed by atoms with E-state index in [1.165, 1.54) is 24.8 Å². The SMILES string of the molecule is CN=C(NCc1ccc(N2CCC(C)CC2)nc1)N1CCC(C)(C)C1. The second-order valence-corrected chi connectivity index (χ2v) is 8.43. The van der Waals surface area contributed by atoms with Gasteiger partial charge < -0.3 is 15.1 Å². The molecule has 2 saturated heterocycles. The van der Waals surface area contributed by atoms with E-state index in [0.29, 0.717) is 5.41 Å². The fourth-order valence-electron chi connectivity index (χ4n) is 3.75. The van der Waals surface area contributed by atoms with Crippen LogP contribution in [0.2, 0.25) is 0 Å². The Bertz CT molecular complexity index is 585. The number of hydrogen-bond acceptors (Lipinski definition) is 3. The summed E-state index contributed by atoms with van der Waals surface area (Å²) in [6.45, 7) is 12.2. The predicted molar refractivity (Wildman–Crippen MR) is 105 cm³/mol. The van der Waals surface area contributed by atoms with Gasteiger partial charge in [0.05, 0.1) is 0 Å². The number of piperidine rings is 1. The van der Waals surface area contributed by atoms with Crippen LogP contribution in [0.4, 0.5) is 5.82 Å². The molecule has 1 N–H and O–H groups in total. The van der Waals surface area contributed by atoms with Crippen LogP contribution in [-0.2, 0) is 6.54 Å². The molecular weight excluding hydrogens is 310 g/mol. The van der Waals surface area contributed by atoms with Gasteiger partial charge in [-0.15, -0.1) is 0 Å². The van der Waals surface area contributed by atoms with Crippen molar-refractivity contribution in [2.45, 2.75) is 46.6 Å². The van der Waals surface area contributed by atoms with Crippen molar-refractivity contribution < 1.29 is 0 Å². The normalized spacial score (nSPS) is 21.7. The average molecular weight is 344 g/mol. The number of nitrogens with one attached hydrogen (secondary N) is 1. The van der Waals surface area contributed by atoms with Gasteiger partial charge >= 0.3 is 0 Å². The maximum atomic E-state index is 4.68. The van der Waals surface area contributed by atoms with Crippen molar-refractivity contribution in [2.75, 3.05) is 38.1 Å². The van der Waals surface area contributed by atoms with Crippen LogP contribution in [0.15, 0.2) is 23.3 Å². The van der Waals surface area contributed by atoms with Gasteiger partial charge in [0.15, 0.2) is 5.96 Å². The van der Waals surface area contributed by atoms with E-state index in [2.05, 4.69) is 58.0 Å². The van der Waals surface area contributed by atoms with Gasteiger partial charge in [-0.25, -0.2) is 4.98 Å². The summed E-state index contributed by atoms with van der Waals surface area (Å²) in [5.41, 5.74) is 1.58. The summed E-state index contributed by atoms with van der Waals surface area (Å²) in [6, 6.07) is 4.35. The molecule has 0 aromatic carbocycles. The smallest absolute Gasteiger partial charge is 0.193 e. The topological polar surface area (TPSA) is 43.8 Å². The number of hydrogen-bond donors (Lipinski definition) is 1. The molecule has 0 saturated carbocycles. The van der Waals surface area contributed by atoms with E-state index >= 15 is 0 Å². The third-order valence-electron chi connectivity index (χ3n) is 5.56. The summed E-state index contributed by atoms with van der Waals surface area (Å²) in [7, 11) is 1.87. The molecule has 5 nitrogen and oxygen atoms in total. The second kappa shape index (κ2) is 7.63. The van der Waals surface area contributed by atoms with Crippen molar-refractivity contribution in [3.8, 4) is 0 Å². The maximum Gasteiger partial charge on any atom is 0.193 e. The van der Waals surface area contributed by atoms with Gasteiger partial charge in [-0.1, -0.05) is 26.8 Å². The minimum atomic E-state index is 0.382. The lowest BCUT2D eigenvalue weighted by Crippen LogP contribution is -2.40. The third kappa shape index (κ3) is 4.65. The van der Waals surface area contributed by atoms with E-state index in [0.717, 1.165) is 50.4 Å². The first-order valence-electron chi connectivity index (χ1n) is 9.62. The Hall–Kier alpha value is -1.78.